The Labute approximate surface area is 131 Å². The molecule has 0 saturated carbocycles. The summed E-state index contributed by atoms with van der Waals surface area (Å²) in [7, 11) is 3.57. The zero-order chi connectivity index (χ0) is 16.5. The van der Waals surface area contributed by atoms with Crippen LogP contribution in [-0.2, 0) is 16.1 Å². The molecule has 6 nitrogen and oxygen atoms in total. The van der Waals surface area contributed by atoms with Gasteiger partial charge in [-0.15, -0.1) is 0 Å². The van der Waals surface area contributed by atoms with E-state index in [1.165, 1.54) is 0 Å². The highest BCUT2D eigenvalue weighted by Gasteiger charge is 2.12. The number of rotatable bonds is 8. The Kier molecular flexibility index (Phi) is 7.39. The molecule has 0 spiro atoms. The van der Waals surface area contributed by atoms with E-state index < -0.39 is 0 Å². The van der Waals surface area contributed by atoms with Gasteiger partial charge in [-0.05, 0) is 38.1 Å². The molecular weight excluding hydrogens is 282 g/mol. The first-order valence-electron chi connectivity index (χ1n) is 7.41. The topological polar surface area (TPSA) is 71.9 Å². The lowest BCUT2D eigenvalue weighted by molar-refractivity contribution is -0.885. The van der Waals surface area contributed by atoms with Gasteiger partial charge < -0.3 is 20.3 Å². The van der Waals surface area contributed by atoms with Crippen molar-refractivity contribution in [2.75, 3.05) is 27.2 Å². The molecule has 0 fully saturated rings. The van der Waals surface area contributed by atoms with Crippen molar-refractivity contribution in [3.05, 3.63) is 29.8 Å². The van der Waals surface area contributed by atoms with Crippen molar-refractivity contribution in [3.8, 4) is 5.75 Å². The normalized spacial score (nSPS) is 11.9. The van der Waals surface area contributed by atoms with Crippen LogP contribution in [0.3, 0.4) is 0 Å². The highest BCUT2D eigenvalue weighted by Crippen LogP contribution is 2.10. The van der Waals surface area contributed by atoms with Gasteiger partial charge in [0.05, 0.1) is 20.7 Å². The van der Waals surface area contributed by atoms with Crippen molar-refractivity contribution in [3.63, 3.8) is 0 Å². The molecular formula is C16H26N3O3+. The number of benzene rings is 1. The molecule has 1 atom stereocenters. The fourth-order valence-electron chi connectivity index (χ4n) is 2.04. The van der Waals surface area contributed by atoms with Gasteiger partial charge in [0.25, 0.3) is 5.91 Å². The Hall–Kier alpha value is -2.08. The van der Waals surface area contributed by atoms with Crippen LogP contribution in [0.2, 0.25) is 0 Å². The molecule has 2 amide bonds. The number of nitrogens with one attached hydrogen (secondary N) is 3. The Morgan fingerprint density at radius 3 is 2.36 bits per heavy atom. The third-order valence-electron chi connectivity index (χ3n) is 3.02. The van der Waals surface area contributed by atoms with Crippen LogP contribution >= 0.6 is 0 Å². The molecule has 0 bridgehead atoms. The highest BCUT2D eigenvalue weighted by molar-refractivity contribution is 5.85. The predicted molar refractivity (Wildman–Crippen MR) is 84.7 cm³/mol. The average molecular weight is 308 g/mol. The number of hydrogen-bond donors (Lipinski definition) is 3. The molecule has 122 valence electrons. The number of carbonyl (C=O) groups excluding carboxylic acids is 2. The second-order valence-electron chi connectivity index (χ2n) is 5.66. The van der Waals surface area contributed by atoms with Gasteiger partial charge in [-0.3, -0.25) is 9.59 Å². The minimum Gasteiger partial charge on any atom is -0.497 e. The van der Waals surface area contributed by atoms with Gasteiger partial charge in [-0.2, -0.15) is 0 Å². The predicted octanol–water partition coefficient (Wildman–Crippen LogP) is -0.649. The van der Waals surface area contributed by atoms with Crippen LogP contribution in [0.25, 0.3) is 0 Å². The van der Waals surface area contributed by atoms with Crippen molar-refractivity contribution in [2.24, 2.45) is 0 Å². The minimum absolute atomic E-state index is 0.0207. The monoisotopic (exact) mass is 308 g/mol. The maximum atomic E-state index is 11.8. The zero-order valence-corrected chi connectivity index (χ0v) is 13.7. The van der Waals surface area contributed by atoms with E-state index in [0.717, 1.165) is 22.8 Å². The SMILES string of the molecule is COc1ccc(C[NH+](C)CC(=O)NCC(=O)NC(C)C)cc1. The number of hydrogen-bond acceptors (Lipinski definition) is 3. The summed E-state index contributed by atoms with van der Waals surface area (Å²) in [5.74, 6) is 0.511. The molecule has 0 aliphatic rings. The molecule has 1 aromatic carbocycles. The molecule has 3 N–H and O–H groups in total. The van der Waals surface area contributed by atoms with Crippen molar-refractivity contribution in [1.29, 1.82) is 0 Å². The van der Waals surface area contributed by atoms with Crippen LogP contribution in [0, 0.1) is 0 Å². The van der Waals surface area contributed by atoms with E-state index in [0.29, 0.717) is 6.54 Å². The zero-order valence-electron chi connectivity index (χ0n) is 13.7. The van der Waals surface area contributed by atoms with Gasteiger partial charge in [0.1, 0.15) is 12.3 Å². The summed E-state index contributed by atoms with van der Waals surface area (Å²) in [6.07, 6.45) is 0. The second kappa shape index (κ2) is 9.04. The summed E-state index contributed by atoms with van der Waals surface area (Å²) < 4.78 is 5.11. The lowest BCUT2D eigenvalue weighted by Crippen LogP contribution is -3.08. The third-order valence-corrected chi connectivity index (χ3v) is 3.02. The van der Waals surface area contributed by atoms with Crippen molar-refractivity contribution >= 4 is 11.8 Å². The first kappa shape index (κ1) is 18.0. The first-order valence-corrected chi connectivity index (χ1v) is 7.41. The molecule has 0 radical (unpaired) electrons. The summed E-state index contributed by atoms with van der Waals surface area (Å²) in [5.41, 5.74) is 1.13. The van der Waals surface area contributed by atoms with Crippen molar-refractivity contribution in [2.45, 2.75) is 26.4 Å². The lowest BCUT2D eigenvalue weighted by Gasteiger charge is -2.14. The van der Waals surface area contributed by atoms with Crippen LogP contribution in [0.1, 0.15) is 19.4 Å². The molecule has 0 heterocycles. The summed E-state index contributed by atoms with van der Waals surface area (Å²) in [6, 6.07) is 7.85. The van der Waals surface area contributed by atoms with Gasteiger partial charge in [-0.1, -0.05) is 0 Å². The number of carbonyl (C=O) groups is 2. The number of likely N-dealkylation sites (N-methyl/N-ethyl adjacent to an activating group) is 1. The van der Waals surface area contributed by atoms with Crippen molar-refractivity contribution < 1.29 is 19.2 Å². The summed E-state index contributed by atoms with van der Waals surface area (Å²) in [6.45, 7) is 4.84. The summed E-state index contributed by atoms with van der Waals surface area (Å²) in [5, 5.41) is 5.36. The quantitative estimate of drug-likeness (QED) is 0.598. The molecule has 1 rings (SSSR count). The first-order chi connectivity index (χ1) is 10.4. The van der Waals surface area contributed by atoms with Crippen LogP contribution in [0.15, 0.2) is 24.3 Å². The highest BCUT2D eigenvalue weighted by atomic mass is 16.5. The molecule has 6 heteroatoms. The van der Waals surface area contributed by atoms with Crippen LogP contribution in [0.5, 0.6) is 5.75 Å². The number of methoxy groups -OCH3 is 1. The van der Waals surface area contributed by atoms with E-state index in [2.05, 4.69) is 10.6 Å². The Morgan fingerprint density at radius 1 is 1.18 bits per heavy atom. The van der Waals surface area contributed by atoms with Crippen LogP contribution in [0.4, 0.5) is 0 Å². The fraction of sp³-hybridized carbons (Fsp3) is 0.500. The molecule has 0 saturated heterocycles. The Balaban J connectivity index is 2.32. The van der Waals surface area contributed by atoms with Gasteiger partial charge >= 0.3 is 0 Å². The van der Waals surface area contributed by atoms with Gasteiger partial charge in [-0.25, -0.2) is 0 Å². The van der Waals surface area contributed by atoms with Gasteiger partial charge in [0.15, 0.2) is 6.54 Å². The summed E-state index contributed by atoms with van der Waals surface area (Å²) >= 11 is 0. The maximum absolute atomic E-state index is 11.8. The third kappa shape index (κ3) is 7.08. The molecule has 22 heavy (non-hydrogen) atoms. The standard InChI is InChI=1S/C16H25N3O3/c1-12(2)18-15(20)9-17-16(21)11-19(3)10-13-5-7-14(22-4)8-6-13/h5-8,12H,9-11H2,1-4H3,(H,17,21)(H,18,20)/p+1. The lowest BCUT2D eigenvalue weighted by atomic mass is 10.2. The smallest absolute Gasteiger partial charge is 0.275 e. The van der Waals surface area contributed by atoms with E-state index in [4.69, 9.17) is 4.74 Å². The number of quaternary nitrogens is 1. The Bertz CT molecular complexity index is 486. The van der Waals surface area contributed by atoms with E-state index in [1.807, 2.05) is 45.2 Å². The minimum atomic E-state index is -0.170. The Morgan fingerprint density at radius 2 is 1.82 bits per heavy atom. The average Bonchev–Trinajstić information content (AvgIpc) is 2.45. The fourth-order valence-corrected chi connectivity index (χ4v) is 2.04. The van der Waals surface area contributed by atoms with E-state index >= 15 is 0 Å². The molecule has 0 aliphatic carbocycles. The van der Waals surface area contributed by atoms with Crippen LogP contribution < -0.4 is 20.3 Å². The maximum Gasteiger partial charge on any atom is 0.275 e. The molecule has 0 aromatic heterocycles. The van der Waals surface area contributed by atoms with Gasteiger partial charge in [0.2, 0.25) is 5.91 Å². The van der Waals surface area contributed by atoms with E-state index in [9.17, 15) is 9.59 Å². The van der Waals surface area contributed by atoms with Gasteiger partial charge in [0, 0.05) is 11.6 Å². The number of ether oxygens (including phenoxy) is 1. The van der Waals surface area contributed by atoms with E-state index in [1.54, 1.807) is 7.11 Å². The second-order valence-corrected chi connectivity index (χ2v) is 5.66. The van der Waals surface area contributed by atoms with Crippen LogP contribution in [-0.4, -0.2) is 45.1 Å². The largest absolute Gasteiger partial charge is 0.497 e. The van der Waals surface area contributed by atoms with Crippen molar-refractivity contribution in [1.82, 2.24) is 10.6 Å². The summed E-state index contributed by atoms with van der Waals surface area (Å²) in [4.78, 5) is 24.3. The molecule has 1 aromatic rings. The molecule has 0 aliphatic heterocycles. The van der Waals surface area contributed by atoms with E-state index in [-0.39, 0.29) is 24.4 Å². The number of amides is 2. The molecule has 1 unspecified atom stereocenters.